The summed E-state index contributed by atoms with van der Waals surface area (Å²) in [6.07, 6.45) is 4.69. The summed E-state index contributed by atoms with van der Waals surface area (Å²) in [5.41, 5.74) is 8.21. The number of rotatable bonds is 3. The molecule has 29 heavy (non-hydrogen) atoms. The van der Waals surface area contributed by atoms with Crippen LogP contribution in [0.25, 0.3) is 5.57 Å². The second-order valence-electron chi connectivity index (χ2n) is 10.5. The van der Waals surface area contributed by atoms with Crippen LogP contribution in [0.15, 0.2) is 24.3 Å². The average Bonchev–Trinajstić information content (AvgIpc) is 2.77. The lowest BCUT2D eigenvalue weighted by atomic mass is 9.75. The second kappa shape index (κ2) is 6.66. The first-order chi connectivity index (χ1) is 13.4. The van der Waals surface area contributed by atoms with E-state index in [0.717, 1.165) is 30.4 Å². The van der Waals surface area contributed by atoms with Crippen molar-refractivity contribution in [2.45, 2.75) is 89.1 Å². The molecule has 3 aliphatic rings. The smallest absolute Gasteiger partial charge is 0.249 e. The summed E-state index contributed by atoms with van der Waals surface area (Å²) in [5.74, 6) is -0.277. The topological polar surface area (TPSA) is 92.8 Å². The molecule has 5 nitrogen and oxygen atoms in total. The van der Waals surface area contributed by atoms with Gasteiger partial charge in [-0.05, 0) is 80.1 Å². The molecule has 2 fully saturated rings. The van der Waals surface area contributed by atoms with Crippen LogP contribution in [0.3, 0.4) is 0 Å². The van der Waals surface area contributed by atoms with Crippen molar-refractivity contribution in [3.63, 3.8) is 0 Å². The Morgan fingerprint density at radius 3 is 2.24 bits per heavy atom. The highest BCUT2D eigenvalue weighted by Crippen LogP contribution is 2.53. The lowest BCUT2D eigenvalue weighted by Gasteiger charge is -2.41. The Hall–Kier alpha value is -1.69. The fourth-order valence-electron chi connectivity index (χ4n) is 5.55. The lowest BCUT2D eigenvalue weighted by molar-refractivity contribution is -0.153. The first kappa shape index (κ1) is 20.6. The van der Waals surface area contributed by atoms with Gasteiger partial charge in [0.05, 0.1) is 11.2 Å². The van der Waals surface area contributed by atoms with E-state index in [9.17, 15) is 15.0 Å². The summed E-state index contributed by atoms with van der Waals surface area (Å²) in [7, 11) is 0. The van der Waals surface area contributed by atoms with Gasteiger partial charge in [0.1, 0.15) is 12.2 Å². The summed E-state index contributed by atoms with van der Waals surface area (Å²) in [5, 5.41) is 21.1. The lowest BCUT2D eigenvalue weighted by Crippen LogP contribution is -2.43. The molecule has 4 atom stereocenters. The molecule has 5 heteroatoms. The summed E-state index contributed by atoms with van der Waals surface area (Å²) >= 11 is 0. The Labute approximate surface area is 172 Å². The van der Waals surface area contributed by atoms with Crippen molar-refractivity contribution in [2.24, 2.45) is 11.1 Å². The highest BCUT2D eigenvalue weighted by molar-refractivity contribution is 5.98. The van der Waals surface area contributed by atoms with E-state index < -0.39 is 29.3 Å². The molecule has 2 bridgehead atoms. The van der Waals surface area contributed by atoms with Crippen molar-refractivity contribution in [3.05, 3.63) is 41.0 Å². The van der Waals surface area contributed by atoms with Crippen LogP contribution in [0, 0.1) is 5.41 Å². The summed E-state index contributed by atoms with van der Waals surface area (Å²) in [6, 6.07) is 5.91. The van der Waals surface area contributed by atoms with Gasteiger partial charge in [-0.25, -0.2) is 0 Å². The van der Waals surface area contributed by atoms with Crippen molar-refractivity contribution in [3.8, 4) is 0 Å². The largest absolute Gasteiger partial charge is 0.387 e. The van der Waals surface area contributed by atoms with Crippen molar-refractivity contribution < 1.29 is 19.7 Å². The van der Waals surface area contributed by atoms with Crippen LogP contribution < -0.4 is 5.73 Å². The number of fused-ring (bicyclic) bond motifs is 2. The van der Waals surface area contributed by atoms with Gasteiger partial charge in [-0.3, -0.25) is 4.79 Å². The van der Waals surface area contributed by atoms with E-state index in [2.05, 4.69) is 26.0 Å². The Kier molecular flexibility index (Phi) is 4.72. The maximum absolute atomic E-state index is 12.1. The minimum atomic E-state index is -0.898. The molecule has 1 aromatic carbocycles. The molecule has 1 amide bonds. The molecule has 0 aromatic heterocycles. The Balaban J connectivity index is 1.71. The molecular weight excluding hydrogens is 366 g/mol. The second-order valence-corrected chi connectivity index (χ2v) is 10.5. The van der Waals surface area contributed by atoms with Crippen LogP contribution in [-0.2, 0) is 4.74 Å². The van der Waals surface area contributed by atoms with Crippen LogP contribution >= 0.6 is 0 Å². The zero-order valence-electron chi connectivity index (χ0n) is 17.9. The number of aliphatic hydroxyl groups is 2. The number of primary amides is 1. The third-order valence-electron chi connectivity index (χ3n) is 7.42. The van der Waals surface area contributed by atoms with E-state index >= 15 is 0 Å². The number of aliphatic hydroxyl groups excluding tert-OH is 2. The molecule has 0 spiro atoms. The maximum atomic E-state index is 12.1. The molecule has 4 unspecified atom stereocenters. The van der Waals surface area contributed by atoms with E-state index in [0.29, 0.717) is 18.4 Å². The van der Waals surface area contributed by atoms with Crippen molar-refractivity contribution >= 4 is 11.5 Å². The Morgan fingerprint density at radius 2 is 1.72 bits per heavy atom. The van der Waals surface area contributed by atoms with E-state index in [1.165, 1.54) is 5.57 Å². The van der Waals surface area contributed by atoms with Gasteiger partial charge in [0.15, 0.2) is 0 Å². The zero-order chi connectivity index (χ0) is 21.2. The third kappa shape index (κ3) is 3.43. The van der Waals surface area contributed by atoms with Crippen molar-refractivity contribution in [1.82, 2.24) is 0 Å². The number of allylic oxidation sites excluding steroid dienone is 2. The monoisotopic (exact) mass is 399 g/mol. The minimum Gasteiger partial charge on any atom is -0.387 e. The van der Waals surface area contributed by atoms with Gasteiger partial charge < -0.3 is 20.7 Å². The maximum Gasteiger partial charge on any atom is 0.249 e. The highest BCUT2D eigenvalue weighted by Gasteiger charge is 2.61. The quantitative estimate of drug-likeness (QED) is 0.725. The van der Waals surface area contributed by atoms with Crippen LogP contribution in [-0.4, -0.2) is 39.5 Å². The van der Waals surface area contributed by atoms with Gasteiger partial charge in [-0.2, -0.15) is 0 Å². The number of hydrogen-bond donors (Lipinski definition) is 3. The normalized spacial score (nSPS) is 38.6. The van der Waals surface area contributed by atoms with Crippen molar-refractivity contribution in [2.75, 3.05) is 0 Å². The third-order valence-corrected chi connectivity index (χ3v) is 7.42. The van der Waals surface area contributed by atoms with E-state index in [-0.39, 0.29) is 11.3 Å². The number of amides is 1. The molecule has 0 radical (unpaired) electrons. The molecule has 4 N–H and O–H groups in total. The Bertz CT molecular complexity index is 854. The molecule has 1 aromatic rings. The summed E-state index contributed by atoms with van der Waals surface area (Å²) in [4.78, 5) is 12.1. The van der Waals surface area contributed by atoms with Gasteiger partial charge in [-0.1, -0.05) is 32.1 Å². The Morgan fingerprint density at radius 1 is 1.10 bits per heavy atom. The molecule has 1 aliphatic carbocycles. The summed E-state index contributed by atoms with van der Waals surface area (Å²) < 4.78 is 6.09. The number of benzene rings is 1. The van der Waals surface area contributed by atoms with Gasteiger partial charge in [0, 0.05) is 5.56 Å². The standard InChI is InChI=1S/C24H33NO4/c1-22(2)9-7-14(8-10-22)18-11-15(5-6-17(18)21(25)28)16-12-23(3)19(26)20(27)24(4,13-16)29-23/h5-7,11,16,19-20,26-27H,8-10,12-13H2,1-4H3,(H2,25,28). The van der Waals surface area contributed by atoms with Crippen molar-refractivity contribution in [1.29, 1.82) is 0 Å². The van der Waals surface area contributed by atoms with Gasteiger partial charge in [-0.15, -0.1) is 0 Å². The zero-order valence-corrected chi connectivity index (χ0v) is 17.9. The molecule has 0 saturated carbocycles. The molecular formula is C24H33NO4. The molecule has 158 valence electrons. The van der Waals surface area contributed by atoms with Crippen LogP contribution in [0.2, 0.25) is 0 Å². The fraction of sp³-hybridized carbons (Fsp3) is 0.625. The number of carbonyl (C=O) groups is 1. The minimum absolute atomic E-state index is 0.131. The predicted molar refractivity (Wildman–Crippen MR) is 112 cm³/mol. The fourth-order valence-corrected chi connectivity index (χ4v) is 5.55. The van der Waals surface area contributed by atoms with Gasteiger partial charge in [0.2, 0.25) is 5.91 Å². The SMILES string of the molecule is CC1(C)CC=C(c2cc(C3CC4(C)OC(C)(C3)C(O)C4O)ccc2C(N)=O)CC1. The van der Waals surface area contributed by atoms with Crippen LogP contribution in [0.4, 0.5) is 0 Å². The van der Waals surface area contributed by atoms with Crippen LogP contribution in [0.5, 0.6) is 0 Å². The number of nitrogens with two attached hydrogens (primary N) is 1. The number of carbonyl (C=O) groups excluding carboxylic acids is 1. The van der Waals surface area contributed by atoms with Crippen LogP contribution in [0.1, 0.15) is 87.2 Å². The molecule has 2 saturated heterocycles. The summed E-state index contributed by atoms with van der Waals surface area (Å²) in [6.45, 7) is 8.29. The van der Waals surface area contributed by atoms with E-state index in [1.54, 1.807) is 0 Å². The van der Waals surface area contributed by atoms with Gasteiger partial charge >= 0.3 is 0 Å². The number of ether oxygens (including phenoxy) is 1. The highest BCUT2D eigenvalue weighted by atomic mass is 16.6. The average molecular weight is 400 g/mol. The molecule has 2 heterocycles. The molecule has 4 rings (SSSR count). The van der Waals surface area contributed by atoms with E-state index in [1.807, 2.05) is 26.0 Å². The first-order valence-corrected chi connectivity index (χ1v) is 10.6. The first-order valence-electron chi connectivity index (χ1n) is 10.6. The number of hydrogen-bond acceptors (Lipinski definition) is 4. The predicted octanol–water partition coefficient (Wildman–Crippen LogP) is 3.53. The van der Waals surface area contributed by atoms with E-state index in [4.69, 9.17) is 10.5 Å². The molecule has 2 aliphatic heterocycles. The van der Waals surface area contributed by atoms with Gasteiger partial charge in [0.25, 0.3) is 0 Å².